The minimum absolute atomic E-state index is 0.0276. The Morgan fingerprint density at radius 1 is 1.35 bits per heavy atom. The molecule has 0 spiro atoms. The maximum Gasteiger partial charge on any atom is 0.340 e. The van der Waals surface area contributed by atoms with Gasteiger partial charge in [0.15, 0.2) is 0 Å². The van der Waals surface area contributed by atoms with Gasteiger partial charge in [-0.3, -0.25) is 0 Å². The van der Waals surface area contributed by atoms with E-state index >= 15 is 0 Å². The summed E-state index contributed by atoms with van der Waals surface area (Å²) in [7, 11) is 3.53. The van der Waals surface area contributed by atoms with Crippen LogP contribution in [0, 0.1) is 5.92 Å². The van der Waals surface area contributed by atoms with Crippen LogP contribution in [0.5, 0.6) is 0 Å². The summed E-state index contributed by atoms with van der Waals surface area (Å²) in [5.41, 5.74) is 2.26. The van der Waals surface area contributed by atoms with E-state index in [1.54, 1.807) is 24.0 Å². The van der Waals surface area contributed by atoms with Crippen LogP contribution in [0.25, 0.3) is 0 Å². The van der Waals surface area contributed by atoms with Crippen LogP contribution in [0.15, 0.2) is 35.4 Å². The molecule has 1 heterocycles. The molecule has 4 nitrogen and oxygen atoms in total. The highest BCUT2D eigenvalue weighted by atomic mass is 16.2. The van der Waals surface area contributed by atoms with Gasteiger partial charge in [0.25, 0.3) is 0 Å². The molecule has 108 valence electrons. The van der Waals surface area contributed by atoms with Gasteiger partial charge in [0, 0.05) is 26.2 Å². The van der Waals surface area contributed by atoms with Crippen LogP contribution < -0.4 is 0 Å². The second-order valence-electron chi connectivity index (χ2n) is 5.92. The van der Waals surface area contributed by atoms with Crippen LogP contribution in [0.2, 0.25) is 0 Å². The molecule has 2 amide bonds. The van der Waals surface area contributed by atoms with E-state index in [9.17, 15) is 4.79 Å². The Hall–Kier alpha value is -1.84. The number of nitrogens with zero attached hydrogens (tertiary/aromatic N) is 3. The Labute approximate surface area is 121 Å². The molecular formula is C16H23N3O. The normalized spacial score (nSPS) is 18.4. The van der Waals surface area contributed by atoms with E-state index in [1.807, 2.05) is 18.2 Å². The summed E-state index contributed by atoms with van der Waals surface area (Å²) in [6.07, 6.45) is 1.78. The average molecular weight is 273 g/mol. The lowest BCUT2D eigenvalue weighted by Crippen LogP contribution is -2.36. The van der Waals surface area contributed by atoms with Crippen molar-refractivity contribution in [1.29, 1.82) is 0 Å². The number of amides is 2. The summed E-state index contributed by atoms with van der Waals surface area (Å²) in [5.74, 6) is 0.555. The van der Waals surface area contributed by atoms with E-state index in [2.05, 4.69) is 31.1 Å². The third kappa shape index (κ3) is 3.18. The van der Waals surface area contributed by atoms with Crippen molar-refractivity contribution in [3.8, 4) is 0 Å². The Morgan fingerprint density at radius 3 is 2.55 bits per heavy atom. The molecular weight excluding hydrogens is 250 g/mol. The van der Waals surface area contributed by atoms with E-state index in [-0.39, 0.29) is 12.1 Å². The molecule has 0 bridgehead atoms. The van der Waals surface area contributed by atoms with Gasteiger partial charge >= 0.3 is 6.03 Å². The Morgan fingerprint density at radius 2 is 2.00 bits per heavy atom. The largest absolute Gasteiger partial charge is 0.340 e. The quantitative estimate of drug-likeness (QED) is 0.830. The van der Waals surface area contributed by atoms with Gasteiger partial charge in [0.05, 0.1) is 6.04 Å². The molecule has 0 aliphatic carbocycles. The number of hydrogen-bond donors (Lipinski definition) is 0. The first-order chi connectivity index (χ1) is 9.49. The number of urea groups is 1. The Kier molecular flexibility index (Phi) is 4.42. The Balaban J connectivity index is 2.25. The molecule has 1 atom stereocenters. The molecule has 0 radical (unpaired) electrons. The molecule has 20 heavy (non-hydrogen) atoms. The van der Waals surface area contributed by atoms with Crippen LogP contribution in [-0.4, -0.2) is 35.7 Å². The van der Waals surface area contributed by atoms with Crippen molar-refractivity contribution in [1.82, 2.24) is 9.91 Å². The van der Waals surface area contributed by atoms with E-state index in [0.29, 0.717) is 5.92 Å². The lowest BCUT2D eigenvalue weighted by Gasteiger charge is -2.25. The third-order valence-electron chi connectivity index (χ3n) is 3.38. The summed E-state index contributed by atoms with van der Waals surface area (Å²) in [4.78, 5) is 13.9. The summed E-state index contributed by atoms with van der Waals surface area (Å²) in [5, 5.41) is 6.20. The predicted molar refractivity (Wildman–Crippen MR) is 81.6 cm³/mol. The topological polar surface area (TPSA) is 35.9 Å². The number of hydrogen-bond acceptors (Lipinski definition) is 2. The molecule has 1 aromatic rings. The molecule has 0 N–H and O–H groups in total. The maximum atomic E-state index is 12.3. The van der Waals surface area contributed by atoms with Crippen molar-refractivity contribution in [3.63, 3.8) is 0 Å². The highest BCUT2D eigenvalue weighted by Gasteiger charge is 2.33. The zero-order valence-corrected chi connectivity index (χ0v) is 12.7. The van der Waals surface area contributed by atoms with Gasteiger partial charge in [-0.25, -0.2) is 9.80 Å². The Bertz CT molecular complexity index is 494. The molecule has 1 aromatic carbocycles. The molecule has 0 saturated heterocycles. The molecule has 4 heteroatoms. The molecule has 1 unspecified atom stereocenters. The number of rotatable bonds is 3. The fourth-order valence-corrected chi connectivity index (χ4v) is 2.48. The summed E-state index contributed by atoms with van der Waals surface area (Å²) >= 11 is 0. The first-order valence-electron chi connectivity index (χ1n) is 7.11. The first kappa shape index (κ1) is 14.6. The summed E-state index contributed by atoms with van der Waals surface area (Å²) < 4.78 is 0. The maximum absolute atomic E-state index is 12.3. The van der Waals surface area contributed by atoms with Gasteiger partial charge in [-0.05, 0) is 17.9 Å². The van der Waals surface area contributed by atoms with Gasteiger partial charge in [-0.15, -0.1) is 0 Å². The van der Waals surface area contributed by atoms with Crippen molar-refractivity contribution in [3.05, 3.63) is 35.9 Å². The lowest BCUT2D eigenvalue weighted by atomic mass is 9.97. The van der Waals surface area contributed by atoms with Crippen molar-refractivity contribution in [2.45, 2.75) is 32.7 Å². The number of benzene rings is 1. The van der Waals surface area contributed by atoms with Gasteiger partial charge in [-0.2, -0.15) is 5.10 Å². The lowest BCUT2D eigenvalue weighted by molar-refractivity contribution is 0.159. The summed E-state index contributed by atoms with van der Waals surface area (Å²) in [6, 6.07) is 10.1. The zero-order chi connectivity index (χ0) is 14.7. The number of carbonyl (C=O) groups is 1. The van der Waals surface area contributed by atoms with Crippen molar-refractivity contribution in [2.24, 2.45) is 11.0 Å². The smallest absolute Gasteiger partial charge is 0.329 e. The monoisotopic (exact) mass is 273 g/mol. The zero-order valence-electron chi connectivity index (χ0n) is 12.7. The van der Waals surface area contributed by atoms with Crippen LogP contribution in [0.1, 0.15) is 38.3 Å². The fraction of sp³-hybridized carbons (Fsp3) is 0.500. The second kappa shape index (κ2) is 6.07. The number of carbonyl (C=O) groups excluding carboxylic acids is 1. The SMILES string of the molecule is CC(C)CC1=NN(C(=O)N(C)C)C(c2ccccc2)C1. The second-order valence-corrected chi connectivity index (χ2v) is 5.92. The highest BCUT2D eigenvalue weighted by molar-refractivity contribution is 5.89. The number of hydrazone groups is 1. The van der Waals surface area contributed by atoms with E-state index in [1.165, 1.54) is 0 Å². The summed E-state index contributed by atoms with van der Waals surface area (Å²) in [6.45, 7) is 4.35. The van der Waals surface area contributed by atoms with E-state index in [4.69, 9.17) is 0 Å². The van der Waals surface area contributed by atoms with Crippen LogP contribution in [-0.2, 0) is 0 Å². The average Bonchev–Trinajstić information content (AvgIpc) is 2.81. The first-order valence-corrected chi connectivity index (χ1v) is 7.11. The van der Waals surface area contributed by atoms with E-state index < -0.39 is 0 Å². The molecule has 1 aliphatic rings. The minimum atomic E-state index is -0.0578. The minimum Gasteiger partial charge on any atom is -0.329 e. The van der Waals surface area contributed by atoms with Crippen molar-refractivity contribution < 1.29 is 4.79 Å². The van der Waals surface area contributed by atoms with E-state index in [0.717, 1.165) is 24.1 Å². The molecule has 2 rings (SSSR count). The molecule has 0 fully saturated rings. The van der Waals surface area contributed by atoms with Gasteiger partial charge in [-0.1, -0.05) is 44.2 Å². The molecule has 1 aliphatic heterocycles. The van der Waals surface area contributed by atoms with Crippen molar-refractivity contribution in [2.75, 3.05) is 14.1 Å². The molecule has 0 aromatic heterocycles. The molecule has 0 saturated carbocycles. The van der Waals surface area contributed by atoms with Crippen LogP contribution >= 0.6 is 0 Å². The van der Waals surface area contributed by atoms with Gasteiger partial charge in [0.1, 0.15) is 0 Å². The predicted octanol–water partition coefficient (Wildman–Crippen LogP) is 3.52. The van der Waals surface area contributed by atoms with Crippen LogP contribution in [0.3, 0.4) is 0 Å². The van der Waals surface area contributed by atoms with Gasteiger partial charge in [0.2, 0.25) is 0 Å². The third-order valence-corrected chi connectivity index (χ3v) is 3.38. The fourth-order valence-electron chi connectivity index (χ4n) is 2.48. The van der Waals surface area contributed by atoms with Gasteiger partial charge < -0.3 is 4.90 Å². The highest BCUT2D eigenvalue weighted by Crippen LogP contribution is 2.32. The van der Waals surface area contributed by atoms with Crippen molar-refractivity contribution >= 4 is 11.7 Å². The van der Waals surface area contributed by atoms with Crippen LogP contribution in [0.4, 0.5) is 4.79 Å². The standard InChI is InChI=1S/C16H23N3O/c1-12(2)10-14-11-15(13-8-6-5-7-9-13)19(17-14)16(20)18(3)4/h5-9,12,15H,10-11H2,1-4H3.